The van der Waals surface area contributed by atoms with E-state index in [0.717, 1.165) is 49.9 Å². The molecule has 2 aromatic carbocycles. The normalized spacial score (nSPS) is 17.1. The lowest BCUT2D eigenvalue weighted by atomic mass is 9.92. The molecule has 0 aromatic heterocycles. The summed E-state index contributed by atoms with van der Waals surface area (Å²) in [4.78, 5) is 0. The Kier molecular flexibility index (Phi) is 8.50. The Morgan fingerprint density at radius 1 is 1.06 bits per heavy atom. The summed E-state index contributed by atoms with van der Waals surface area (Å²) < 4.78 is 17.6. The lowest BCUT2D eigenvalue weighted by Crippen LogP contribution is -2.48. The third-order valence-corrected chi connectivity index (χ3v) is 7.02. The summed E-state index contributed by atoms with van der Waals surface area (Å²) in [5.74, 6) is 2.10. The first-order valence-electron chi connectivity index (χ1n) is 12.5. The van der Waals surface area contributed by atoms with Gasteiger partial charge in [-0.05, 0) is 68.0 Å². The summed E-state index contributed by atoms with van der Waals surface area (Å²) in [6.45, 7) is 5.36. The van der Waals surface area contributed by atoms with Gasteiger partial charge in [0.1, 0.15) is 23.9 Å². The minimum atomic E-state index is -0.676. The number of aliphatic hydroxyl groups is 1. The molecule has 0 saturated carbocycles. The van der Waals surface area contributed by atoms with E-state index >= 15 is 0 Å². The van der Waals surface area contributed by atoms with Gasteiger partial charge in [0.15, 0.2) is 0 Å². The zero-order valence-electron chi connectivity index (χ0n) is 21.2. The quantitative estimate of drug-likeness (QED) is 0.466. The number of nitrogens with one attached hydrogen (secondary N) is 2. The summed E-state index contributed by atoms with van der Waals surface area (Å²) in [7, 11) is 3.31. The van der Waals surface area contributed by atoms with E-state index < -0.39 is 5.60 Å². The molecule has 0 radical (unpaired) electrons. The van der Waals surface area contributed by atoms with Crippen molar-refractivity contribution in [3.8, 4) is 17.2 Å². The molecule has 188 valence electrons. The Labute approximate surface area is 209 Å². The number of hydrogen-bond acceptors (Lipinski definition) is 6. The Morgan fingerprint density at radius 3 is 2.46 bits per heavy atom. The van der Waals surface area contributed by atoms with Gasteiger partial charge in [0.25, 0.3) is 0 Å². The van der Waals surface area contributed by atoms with Gasteiger partial charge in [0.05, 0.1) is 25.4 Å². The standard InChI is InChI=1S/C29H38N2O4/c1-21-23(10-7-11-25(21)22-8-5-4-6-9-22)19-35-24-16-27(33-2)26(28(17-24)34-3)18-31-20-29(32)12-14-30-15-13-29/h5,7-11,16-17,30-32H,4,6,12-15,18-20H2,1-3H3. The second kappa shape index (κ2) is 11.8. The number of hydrogen-bond donors (Lipinski definition) is 3. The van der Waals surface area contributed by atoms with Crippen LogP contribution in [0.4, 0.5) is 0 Å². The van der Waals surface area contributed by atoms with Crippen molar-refractivity contribution in [1.82, 2.24) is 10.6 Å². The maximum atomic E-state index is 10.8. The molecule has 0 atom stereocenters. The van der Waals surface area contributed by atoms with E-state index in [1.165, 1.54) is 16.7 Å². The third-order valence-electron chi connectivity index (χ3n) is 7.02. The van der Waals surface area contributed by atoms with Gasteiger partial charge < -0.3 is 30.0 Å². The van der Waals surface area contributed by atoms with Crippen LogP contribution >= 0.6 is 0 Å². The van der Waals surface area contributed by atoms with Gasteiger partial charge in [-0.3, -0.25) is 0 Å². The molecule has 1 aliphatic heterocycles. The van der Waals surface area contributed by atoms with E-state index in [1.54, 1.807) is 14.2 Å². The Morgan fingerprint density at radius 2 is 1.80 bits per heavy atom. The van der Waals surface area contributed by atoms with Crippen molar-refractivity contribution >= 4 is 5.57 Å². The molecule has 3 N–H and O–H groups in total. The second-order valence-electron chi connectivity index (χ2n) is 9.40. The van der Waals surface area contributed by atoms with Gasteiger partial charge in [-0.1, -0.05) is 36.4 Å². The Hall–Kier alpha value is -2.80. The topological polar surface area (TPSA) is 72.0 Å². The first-order valence-corrected chi connectivity index (χ1v) is 12.5. The number of benzene rings is 2. The zero-order valence-corrected chi connectivity index (χ0v) is 21.2. The van der Waals surface area contributed by atoms with Crippen LogP contribution in [0.3, 0.4) is 0 Å². The second-order valence-corrected chi connectivity index (χ2v) is 9.40. The van der Waals surface area contributed by atoms with Gasteiger partial charge in [0.2, 0.25) is 0 Å². The van der Waals surface area contributed by atoms with Crippen molar-refractivity contribution in [2.45, 2.75) is 51.4 Å². The molecule has 1 aliphatic carbocycles. The minimum Gasteiger partial charge on any atom is -0.496 e. The third kappa shape index (κ3) is 6.26. The molecule has 0 unspecified atom stereocenters. The van der Waals surface area contributed by atoms with E-state index in [0.29, 0.717) is 36.9 Å². The van der Waals surface area contributed by atoms with E-state index in [1.807, 2.05) is 12.1 Å². The number of piperidine rings is 1. The van der Waals surface area contributed by atoms with Crippen LogP contribution in [0.25, 0.3) is 5.57 Å². The summed E-state index contributed by atoms with van der Waals surface area (Å²) in [6.07, 6.45) is 10.4. The highest BCUT2D eigenvalue weighted by Crippen LogP contribution is 2.35. The molecule has 1 heterocycles. The van der Waals surface area contributed by atoms with Gasteiger partial charge in [-0.2, -0.15) is 0 Å². The number of allylic oxidation sites excluding steroid dienone is 4. The Bertz CT molecular complexity index is 1050. The molecule has 0 amide bonds. The van der Waals surface area contributed by atoms with Crippen molar-refractivity contribution in [1.29, 1.82) is 0 Å². The molecule has 2 aromatic rings. The molecule has 0 spiro atoms. The lowest BCUT2D eigenvalue weighted by Gasteiger charge is -2.32. The van der Waals surface area contributed by atoms with Gasteiger partial charge in [-0.25, -0.2) is 0 Å². The molecular weight excluding hydrogens is 440 g/mol. The minimum absolute atomic E-state index is 0.460. The molecule has 0 bridgehead atoms. The van der Waals surface area contributed by atoms with Crippen molar-refractivity contribution in [2.24, 2.45) is 0 Å². The maximum absolute atomic E-state index is 10.8. The average Bonchev–Trinajstić information content (AvgIpc) is 2.89. The first-order chi connectivity index (χ1) is 17.0. The monoisotopic (exact) mass is 478 g/mol. The van der Waals surface area contributed by atoms with Crippen molar-refractivity contribution in [2.75, 3.05) is 33.9 Å². The number of rotatable bonds is 10. The molecule has 2 aliphatic rings. The average molecular weight is 479 g/mol. The van der Waals surface area contributed by atoms with E-state index in [2.05, 4.69) is 54.0 Å². The molecular formula is C29H38N2O4. The molecule has 6 nitrogen and oxygen atoms in total. The highest BCUT2D eigenvalue weighted by atomic mass is 16.5. The smallest absolute Gasteiger partial charge is 0.130 e. The molecule has 35 heavy (non-hydrogen) atoms. The van der Waals surface area contributed by atoms with Crippen LogP contribution in [0.15, 0.2) is 48.6 Å². The van der Waals surface area contributed by atoms with Crippen LogP contribution in [0.5, 0.6) is 17.2 Å². The SMILES string of the molecule is COc1cc(OCc2cccc(C3=CCCC=C3)c2C)cc(OC)c1CNCC1(O)CCNCC1. The highest BCUT2D eigenvalue weighted by Gasteiger charge is 2.28. The van der Waals surface area contributed by atoms with Crippen molar-refractivity contribution in [3.05, 3.63) is 70.8 Å². The fourth-order valence-electron chi connectivity index (χ4n) is 4.83. The molecule has 6 heteroatoms. The van der Waals surface area contributed by atoms with Gasteiger partial charge in [-0.15, -0.1) is 0 Å². The van der Waals surface area contributed by atoms with Crippen LogP contribution in [0.1, 0.15) is 47.9 Å². The number of methoxy groups -OCH3 is 2. The summed E-state index contributed by atoms with van der Waals surface area (Å²) in [5.41, 5.74) is 5.17. The first kappa shape index (κ1) is 25.3. The van der Waals surface area contributed by atoms with E-state index in [9.17, 15) is 5.11 Å². The summed E-state index contributed by atoms with van der Waals surface area (Å²) in [6, 6.07) is 10.2. The van der Waals surface area contributed by atoms with Crippen molar-refractivity contribution < 1.29 is 19.3 Å². The van der Waals surface area contributed by atoms with Gasteiger partial charge >= 0.3 is 0 Å². The highest BCUT2D eigenvalue weighted by molar-refractivity contribution is 5.77. The number of ether oxygens (including phenoxy) is 3. The predicted octanol–water partition coefficient (Wildman–Crippen LogP) is 4.53. The van der Waals surface area contributed by atoms with E-state index in [4.69, 9.17) is 14.2 Å². The predicted molar refractivity (Wildman–Crippen MR) is 140 cm³/mol. The molecule has 1 fully saturated rings. The van der Waals surface area contributed by atoms with Crippen LogP contribution in [-0.2, 0) is 13.2 Å². The lowest BCUT2D eigenvalue weighted by molar-refractivity contribution is 0.0108. The van der Waals surface area contributed by atoms with Crippen LogP contribution in [0.2, 0.25) is 0 Å². The van der Waals surface area contributed by atoms with Crippen molar-refractivity contribution in [3.63, 3.8) is 0 Å². The molecule has 1 saturated heterocycles. The van der Waals surface area contributed by atoms with Crippen LogP contribution in [0, 0.1) is 6.92 Å². The zero-order chi connectivity index (χ0) is 24.7. The largest absolute Gasteiger partial charge is 0.496 e. The fraction of sp³-hybridized carbons (Fsp3) is 0.448. The van der Waals surface area contributed by atoms with E-state index in [-0.39, 0.29) is 0 Å². The van der Waals surface area contributed by atoms with Crippen LogP contribution in [-0.4, -0.2) is 44.6 Å². The van der Waals surface area contributed by atoms with Crippen LogP contribution < -0.4 is 24.8 Å². The summed E-state index contributed by atoms with van der Waals surface area (Å²) in [5, 5.41) is 17.4. The van der Waals surface area contributed by atoms with Gasteiger partial charge in [0, 0.05) is 25.2 Å². The maximum Gasteiger partial charge on any atom is 0.130 e. The fourth-order valence-corrected chi connectivity index (χ4v) is 4.83. The molecule has 4 rings (SSSR count). The Balaban J connectivity index is 1.45. The summed E-state index contributed by atoms with van der Waals surface area (Å²) >= 11 is 0.